The first kappa shape index (κ1) is 11.1. The molecule has 0 saturated heterocycles. The SMILES string of the molecule is O=S(=O)(c1ccc(Cl)cc1)c1cccc[nH+]1. The van der Waals surface area contributed by atoms with Crippen molar-refractivity contribution in [3.05, 3.63) is 53.7 Å². The lowest BCUT2D eigenvalue weighted by Crippen LogP contribution is -2.15. The van der Waals surface area contributed by atoms with Crippen LogP contribution in [-0.4, -0.2) is 8.42 Å². The Morgan fingerprint density at radius 3 is 2.25 bits per heavy atom. The van der Waals surface area contributed by atoms with Crippen LogP contribution in [0.25, 0.3) is 0 Å². The van der Waals surface area contributed by atoms with Gasteiger partial charge in [-0.2, -0.15) is 0 Å². The minimum absolute atomic E-state index is 0.164. The molecule has 0 spiro atoms. The first-order chi connectivity index (χ1) is 7.60. The van der Waals surface area contributed by atoms with E-state index < -0.39 is 9.84 Å². The summed E-state index contributed by atoms with van der Waals surface area (Å²) in [6, 6.07) is 11.0. The lowest BCUT2D eigenvalue weighted by Gasteiger charge is -1.99. The van der Waals surface area contributed by atoms with Gasteiger partial charge in [0.2, 0.25) is 0 Å². The Morgan fingerprint density at radius 2 is 1.69 bits per heavy atom. The van der Waals surface area contributed by atoms with E-state index in [-0.39, 0.29) is 9.92 Å². The van der Waals surface area contributed by atoms with E-state index in [9.17, 15) is 8.42 Å². The van der Waals surface area contributed by atoms with E-state index in [2.05, 4.69) is 4.98 Å². The van der Waals surface area contributed by atoms with Crippen LogP contribution in [0, 0.1) is 0 Å². The van der Waals surface area contributed by atoms with Crippen LogP contribution in [0.4, 0.5) is 0 Å². The van der Waals surface area contributed by atoms with Crippen molar-refractivity contribution < 1.29 is 13.4 Å². The molecule has 0 aliphatic heterocycles. The summed E-state index contributed by atoms with van der Waals surface area (Å²) in [6.45, 7) is 0. The number of hydrogen-bond acceptors (Lipinski definition) is 2. The van der Waals surface area contributed by atoms with Gasteiger partial charge in [-0.3, -0.25) is 0 Å². The summed E-state index contributed by atoms with van der Waals surface area (Å²) in [5.41, 5.74) is 0. The van der Waals surface area contributed by atoms with Crippen molar-refractivity contribution in [1.82, 2.24) is 0 Å². The molecule has 0 atom stereocenters. The zero-order chi connectivity index (χ0) is 11.6. The van der Waals surface area contributed by atoms with E-state index in [1.54, 1.807) is 30.5 Å². The van der Waals surface area contributed by atoms with Gasteiger partial charge in [-0.25, -0.2) is 13.4 Å². The maximum Gasteiger partial charge on any atom is 0.300 e. The van der Waals surface area contributed by atoms with E-state index in [1.165, 1.54) is 18.2 Å². The van der Waals surface area contributed by atoms with Crippen LogP contribution in [0.1, 0.15) is 0 Å². The maximum atomic E-state index is 12.1. The smallest absolute Gasteiger partial charge is 0.212 e. The quantitative estimate of drug-likeness (QED) is 0.823. The highest BCUT2D eigenvalue weighted by molar-refractivity contribution is 7.91. The van der Waals surface area contributed by atoms with Gasteiger partial charge in [-0.15, -0.1) is 0 Å². The van der Waals surface area contributed by atoms with E-state index >= 15 is 0 Å². The summed E-state index contributed by atoms with van der Waals surface area (Å²) in [4.78, 5) is 2.92. The fraction of sp³-hybridized carbons (Fsp3) is 0. The molecular formula is C11H9ClNO2S+. The van der Waals surface area contributed by atoms with Gasteiger partial charge in [-0.05, 0) is 30.3 Å². The second-order valence-electron chi connectivity index (χ2n) is 3.18. The number of benzene rings is 1. The van der Waals surface area contributed by atoms with E-state index in [0.29, 0.717) is 5.02 Å². The molecule has 0 aliphatic carbocycles. The highest BCUT2D eigenvalue weighted by atomic mass is 35.5. The molecule has 0 saturated carbocycles. The Kier molecular flexibility index (Phi) is 2.94. The van der Waals surface area contributed by atoms with Crippen molar-refractivity contribution in [2.75, 3.05) is 0 Å². The van der Waals surface area contributed by atoms with Gasteiger partial charge in [-0.1, -0.05) is 11.6 Å². The predicted octanol–water partition coefficient (Wildman–Crippen LogP) is 1.99. The van der Waals surface area contributed by atoms with E-state index in [0.717, 1.165) is 0 Å². The molecule has 0 bridgehead atoms. The van der Waals surface area contributed by atoms with Gasteiger partial charge in [0.05, 0.1) is 4.90 Å². The number of nitrogens with one attached hydrogen (secondary N) is 1. The number of sulfone groups is 1. The Balaban J connectivity index is 2.52. The van der Waals surface area contributed by atoms with Crippen LogP contribution in [0.2, 0.25) is 5.02 Å². The molecule has 82 valence electrons. The first-order valence-electron chi connectivity index (χ1n) is 4.58. The van der Waals surface area contributed by atoms with Gasteiger partial charge in [0.15, 0.2) is 6.20 Å². The second kappa shape index (κ2) is 4.23. The van der Waals surface area contributed by atoms with Crippen LogP contribution < -0.4 is 4.98 Å². The van der Waals surface area contributed by atoms with Gasteiger partial charge in [0, 0.05) is 17.2 Å². The molecule has 0 unspecified atom stereocenters. The van der Waals surface area contributed by atoms with Gasteiger partial charge < -0.3 is 0 Å². The third-order valence-corrected chi connectivity index (χ3v) is 4.07. The maximum absolute atomic E-state index is 12.1. The van der Waals surface area contributed by atoms with Crippen LogP contribution in [0.3, 0.4) is 0 Å². The Bertz CT molecular complexity index is 579. The molecule has 2 rings (SSSR count). The summed E-state index contributed by atoms with van der Waals surface area (Å²) in [6.07, 6.45) is 1.57. The summed E-state index contributed by atoms with van der Waals surface area (Å²) in [5.74, 6) is 0. The second-order valence-corrected chi connectivity index (χ2v) is 5.54. The van der Waals surface area contributed by atoms with Crippen molar-refractivity contribution in [2.24, 2.45) is 0 Å². The van der Waals surface area contributed by atoms with Crippen molar-refractivity contribution in [3.63, 3.8) is 0 Å². The molecule has 2 aromatic rings. The molecule has 16 heavy (non-hydrogen) atoms. The zero-order valence-electron chi connectivity index (χ0n) is 8.22. The zero-order valence-corrected chi connectivity index (χ0v) is 9.79. The van der Waals surface area contributed by atoms with Gasteiger partial charge in [0.25, 0.3) is 14.9 Å². The fourth-order valence-electron chi connectivity index (χ4n) is 1.28. The third-order valence-electron chi connectivity index (χ3n) is 2.09. The fourth-order valence-corrected chi connectivity index (χ4v) is 2.64. The number of H-pyrrole nitrogens is 1. The van der Waals surface area contributed by atoms with Crippen molar-refractivity contribution in [1.29, 1.82) is 0 Å². The number of aromatic nitrogens is 1. The van der Waals surface area contributed by atoms with Crippen LogP contribution >= 0.6 is 11.6 Å². The third kappa shape index (κ3) is 2.08. The molecule has 0 amide bonds. The van der Waals surface area contributed by atoms with Crippen LogP contribution in [0.5, 0.6) is 0 Å². The number of rotatable bonds is 2. The summed E-state index contributed by atoms with van der Waals surface area (Å²) >= 11 is 5.71. The monoisotopic (exact) mass is 254 g/mol. The lowest BCUT2D eigenvalue weighted by molar-refractivity contribution is -0.428. The summed E-state index contributed by atoms with van der Waals surface area (Å²) in [7, 11) is -3.47. The van der Waals surface area contributed by atoms with Crippen molar-refractivity contribution in [3.8, 4) is 0 Å². The molecule has 0 radical (unpaired) electrons. The molecule has 1 aromatic heterocycles. The molecule has 0 aliphatic rings. The van der Waals surface area contributed by atoms with E-state index in [1.807, 2.05) is 0 Å². The number of pyridine rings is 1. The molecule has 5 heteroatoms. The minimum atomic E-state index is -3.47. The number of aromatic amines is 1. The van der Waals surface area contributed by atoms with E-state index in [4.69, 9.17) is 11.6 Å². The lowest BCUT2D eigenvalue weighted by atomic mass is 10.4. The highest BCUT2D eigenvalue weighted by Crippen LogP contribution is 2.19. The highest BCUT2D eigenvalue weighted by Gasteiger charge is 2.22. The summed E-state index contributed by atoms with van der Waals surface area (Å²) < 4.78 is 24.1. The topological polar surface area (TPSA) is 48.3 Å². The molecule has 0 fully saturated rings. The molecule has 1 heterocycles. The summed E-state index contributed by atoms with van der Waals surface area (Å²) in [5, 5.41) is 0.674. The Morgan fingerprint density at radius 1 is 1.00 bits per heavy atom. The average molecular weight is 255 g/mol. The minimum Gasteiger partial charge on any atom is -0.212 e. The Hall–Kier alpha value is -1.39. The molecule has 1 aromatic carbocycles. The molecular weight excluding hydrogens is 246 g/mol. The van der Waals surface area contributed by atoms with Crippen LogP contribution in [-0.2, 0) is 9.84 Å². The largest absolute Gasteiger partial charge is 0.300 e. The van der Waals surface area contributed by atoms with Gasteiger partial charge in [0.1, 0.15) is 0 Å². The van der Waals surface area contributed by atoms with Crippen molar-refractivity contribution >= 4 is 21.4 Å². The Labute approximate surface area is 98.6 Å². The molecule has 3 nitrogen and oxygen atoms in total. The molecule has 1 N–H and O–H groups in total. The standard InChI is InChI=1S/C11H8ClNO2S/c12-9-4-6-10(7-5-9)16(14,15)11-3-1-2-8-13-11/h1-8H/p+1. The predicted molar refractivity (Wildman–Crippen MR) is 59.9 cm³/mol. The first-order valence-corrected chi connectivity index (χ1v) is 6.44. The van der Waals surface area contributed by atoms with Crippen molar-refractivity contribution in [2.45, 2.75) is 9.92 Å². The van der Waals surface area contributed by atoms with Crippen LogP contribution in [0.15, 0.2) is 58.6 Å². The number of halogens is 1. The average Bonchev–Trinajstić information content (AvgIpc) is 2.31. The normalized spacial score (nSPS) is 11.3. The van der Waals surface area contributed by atoms with Gasteiger partial charge >= 0.3 is 0 Å². The number of hydrogen-bond donors (Lipinski definition) is 0.